The fraction of sp³-hybridized carbons (Fsp3) is 0.105. The predicted octanol–water partition coefficient (Wildman–Crippen LogP) is 3.79. The molecular formula is C19H18ClN3O2. The van der Waals surface area contributed by atoms with Gasteiger partial charge in [0.15, 0.2) is 0 Å². The summed E-state index contributed by atoms with van der Waals surface area (Å²) < 4.78 is 0. The van der Waals surface area contributed by atoms with Crippen molar-refractivity contribution in [1.29, 1.82) is 0 Å². The van der Waals surface area contributed by atoms with Gasteiger partial charge in [-0.05, 0) is 43.2 Å². The number of hydrazone groups is 1. The Kier molecular flexibility index (Phi) is 6.48. The van der Waals surface area contributed by atoms with Crippen LogP contribution in [-0.4, -0.2) is 17.5 Å². The first kappa shape index (κ1) is 18.4. The molecule has 2 amide bonds. The van der Waals surface area contributed by atoms with Gasteiger partial charge in [0, 0.05) is 10.7 Å². The van der Waals surface area contributed by atoms with E-state index in [1.165, 1.54) is 0 Å². The number of amides is 2. The molecule has 0 unspecified atom stereocenters. The van der Waals surface area contributed by atoms with Crippen LogP contribution in [0, 0.1) is 6.92 Å². The third kappa shape index (κ3) is 5.90. The maximum absolute atomic E-state index is 11.8. The molecule has 2 N–H and O–H groups in total. The maximum atomic E-state index is 11.8. The summed E-state index contributed by atoms with van der Waals surface area (Å²) in [5.74, 6) is -1.67. The number of allylic oxidation sites excluding steroid dienone is 1. The summed E-state index contributed by atoms with van der Waals surface area (Å²) in [4.78, 5) is 23.6. The lowest BCUT2D eigenvalue weighted by atomic mass is 10.2. The van der Waals surface area contributed by atoms with Crippen LogP contribution in [-0.2, 0) is 9.59 Å². The molecule has 5 nitrogen and oxygen atoms in total. The molecule has 0 radical (unpaired) electrons. The molecule has 0 saturated carbocycles. The monoisotopic (exact) mass is 355 g/mol. The Labute approximate surface area is 151 Å². The number of carbonyl (C=O) groups is 2. The van der Waals surface area contributed by atoms with Crippen LogP contribution < -0.4 is 10.7 Å². The molecule has 0 spiro atoms. The maximum Gasteiger partial charge on any atom is 0.329 e. The predicted molar refractivity (Wildman–Crippen MR) is 102 cm³/mol. The van der Waals surface area contributed by atoms with Gasteiger partial charge < -0.3 is 5.32 Å². The number of anilines is 1. The molecule has 0 aliphatic heterocycles. The van der Waals surface area contributed by atoms with E-state index >= 15 is 0 Å². The number of nitrogens with zero attached hydrogens (tertiary/aromatic N) is 1. The molecule has 6 heteroatoms. The summed E-state index contributed by atoms with van der Waals surface area (Å²) in [5.41, 5.74) is 5.12. The van der Waals surface area contributed by atoms with E-state index in [1.807, 2.05) is 43.3 Å². The second kappa shape index (κ2) is 8.80. The molecule has 2 aromatic carbocycles. The van der Waals surface area contributed by atoms with E-state index in [-0.39, 0.29) is 0 Å². The van der Waals surface area contributed by atoms with Gasteiger partial charge in [-0.1, -0.05) is 54.1 Å². The number of halogens is 1. The molecule has 0 aromatic heterocycles. The highest BCUT2D eigenvalue weighted by Gasteiger charge is 2.13. The Hall–Kier alpha value is -2.92. The lowest BCUT2D eigenvalue weighted by Gasteiger charge is -2.06. The SMILES string of the molecule is CC(C=Cc1ccccc1)=NNC(=O)C(=O)Nc1ccc(C)c(Cl)c1. The van der Waals surface area contributed by atoms with Crippen LogP contribution in [0.15, 0.2) is 59.7 Å². The first-order chi connectivity index (χ1) is 12.0. The highest BCUT2D eigenvalue weighted by atomic mass is 35.5. The molecule has 128 valence electrons. The van der Waals surface area contributed by atoms with Crippen LogP contribution in [0.2, 0.25) is 5.02 Å². The summed E-state index contributed by atoms with van der Waals surface area (Å²) in [6, 6.07) is 14.7. The number of rotatable bonds is 4. The van der Waals surface area contributed by atoms with Crippen molar-refractivity contribution < 1.29 is 9.59 Å². The average molecular weight is 356 g/mol. The Balaban J connectivity index is 1.90. The molecule has 2 rings (SSSR count). The number of aryl methyl sites for hydroxylation is 1. The highest BCUT2D eigenvalue weighted by molar-refractivity contribution is 6.40. The molecule has 0 saturated heterocycles. The van der Waals surface area contributed by atoms with Crippen molar-refractivity contribution in [3.63, 3.8) is 0 Å². The van der Waals surface area contributed by atoms with Gasteiger partial charge in [0.05, 0.1) is 5.71 Å². The van der Waals surface area contributed by atoms with Gasteiger partial charge in [0.25, 0.3) is 0 Å². The van der Waals surface area contributed by atoms with Gasteiger partial charge in [0.2, 0.25) is 0 Å². The average Bonchev–Trinajstić information content (AvgIpc) is 2.61. The van der Waals surface area contributed by atoms with Crippen molar-refractivity contribution in [2.45, 2.75) is 13.8 Å². The second-order valence-corrected chi connectivity index (χ2v) is 5.76. The van der Waals surface area contributed by atoms with Crippen LogP contribution in [0.3, 0.4) is 0 Å². The molecule has 0 aliphatic carbocycles. The van der Waals surface area contributed by atoms with E-state index in [2.05, 4.69) is 15.8 Å². The first-order valence-electron chi connectivity index (χ1n) is 7.60. The first-order valence-corrected chi connectivity index (χ1v) is 7.98. The second-order valence-electron chi connectivity index (χ2n) is 5.36. The van der Waals surface area contributed by atoms with Crippen molar-refractivity contribution in [1.82, 2.24) is 5.43 Å². The number of hydrogen-bond donors (Lipinski definition) is 2. The molecule has 25 heavy (non-hydrogen) atoms. The topological polar surface area (TPSA) is 70.6 Å². The molecule has 0 bridgehead atoms. The summed E-state index contributed by atoms with van der Waals surface area (Å²) in [5, 5.41) is 6.86. The van der Waals surface area contributed by atoms with E-state index in [1.54, 1.807) is 31.2 Å². The zero-order chi connectivity index (χ0) is 18.2. The lowest BCUT2D eigenvalue weighted by Crippen LogP contribution is -2.32. The quantitative estimate of drug-likeness (QED) is 0.497. The molecular weight excluding hydrogens is 338 g/mol. The van der Waals surface area contributed by atoms with Crippen molar-refractivity contribution in [3.05, 3.63) is 70.8 Å². The highest BCUT2D eigenvalue weighted by Crippen LogP contribution is 2.19. The molecule has 0 heterocycles. The summed E-state index contributed by atoms with van der Waals surface area (Å²) in [7, 11) is 0. The Morgan fingerprint density at radius 2 is 1.80 bits per heavy atom. The van der Waals surface area contributed by atoms with E-state index in [9.17, 15) is 9.59 Å². The van der Waals surface area contributed by atoms with Crippen LogP contribution in [0.25, 0.3) is 6.08 Å². The minimum Gasteiger partial charge on any atom is -0.318 e. The zero-order valence-electron chi connectivity index (χ0n) is 13.9. The smallest absolute Gasteiger partial charge is 0.318 e. The third-order valence-electron chi connectivity index (χ3n) is 3.29. The molecule has 0 fully saturated rings. The van der Waals surface area contributed by atoms with Crippen LogP contribution in [0.5, 0.6) is 0 Å². The number of nitrogens with one attached hydrogen (secondary N) is 2. The summed E-state index contributed by atoms with van der Waals surface area (Å²) in [6.45, 7) is 3.57. The molecule has 0 atom stereocenters. The Bertz CT molecular complexity index is 830. The number of carbonyl (C=O) groups excluding carboxylic acids is 2. The normalized spacial score (nSPS) is 11.4. The molecule has 0 aliphatic rings. The van der Waals surface area contributed by atoms with Gasteiger partial charge in [-0.25, -0.2) is 5.43 Å². The van der Waals surface area contributed by atoms with Gasteiger partial charge in [-0.15, -0.1) is 0 Å². The minimum absolute atomic E-state index is 0.445. The Morgan fingerprint density at radius 3 is 2.48 bits per heavy atom. The number of hydrogen-bond acceptors (Lipinski definition) is 3. The standard InChI is InChI=1S/C19H18ClN3O2/c1-13-8-11-16(12-17(13)20)21-18(24)19(25)23-22-14(2)9-10-15-6-4-3-5-7-15/h3-12H,1-2H3,(H,21,24)(H,23,25). The van der Waals surface area contributed by atoms with Gasteiger partial charge in [0.1, 0.15) is 0 Å². The van der Waals surface area contributed by atoms with Crippen LogP contribution in [0.4, 0.5) is 5.69 Å². The van der Waals surface area contributed by atoms with Gasteiger partial charge in [-0.3, -0.25) is 9.59 Å². The van der Waals surface area contributed by atoms with Crippen molar-refractivity contribution in [2.24, 2.45) is 5.10 Å². The van der Waals surface area contributed by atoms with Gasteiger partial charge in [-0.2, -0.15) is 5.10 Å². The summed E-state index contributed by atoms with van der Waals surface area (Å²) >= 11 is 5.98. The van der Waals surface area contributed by atoms with Crippen molar-refractivity contribution >= 4 is 40.9 Å². The third-order valence-corrected chi connectivity index (χ3v) is 3.69. The zero-order valence-corrected chi connectivity index (χ0v) is 14.7. The summed E-state index contributed by atoms with van der Waals surface area (Å²) in [6.07, 6.45) is 3.60. The van der Waals surface area contributed by atoms with E-state index in [4.69, 9.17) is 11.6 Å². The van der Waals surface area contributed by atoms with E-state index < -0.39 is 11.8 Å². The van der Waals surface area contributed by atoms with E-state index in [0.717, 1.165) is 11.1 Å². The lowest BCUT2D eigenvalue weighted by molar-refractivity contribution is -0.136. The van der Waals surface area contributed by atoms with Crippen LogP contribution >= 0.6 is 11.6 Å². The largest absolute Gasteiger partial charge is 0.329 e. The fourth-order valence-electron chi connectivity index (χ4n) is 1.87. The molecule has 2 aromatic rings. The van der Waals surface area contributed by atoms with Crippen LogP contribution in [0.1, 0.15) is 18.1 Å². The minimum atomic E-state index is -0.857. The van der Waals surface area contributed by atoms with Gasteiger partial charge >= 0.3 is 11.8 Å². The fourth-order valence-corrected chi connectivity index (χ4v) is 2.05. The Morgan fingerprint density at radius 1 is 1.08 bits per heavy atom. The number of benzene rings is 2. The van der Waals surface area contributed by atoms with Crippen molar-refractivity contribution in [2.75, 3.05) is 5.32 Å². The van der Waals surface area contributed by atoms with Crippen molar-refractivity contribution in [3.8, 4) is 0 Å². The van der Waals surface area contributed by atoms with E-state index in [0.29, 0.717) is 16.4 Å².